The van der Waals surface area contributed by atoms with E-state index in [0.717, 1.165) is 5.56 Å². The predicted octanol–water partition coefficient (Wildman–Crippen LogP) is 0.373. The van der Waals surface area contributed by atoms with E-state index in [-0.39, 0.29) is 17.2 Å². The fraction of sp³-hybridized carbons (Fsp3) is 0.300. The van der Waals surface area contributed by atoms with Crippen molar-refractivity contribution in [2.45, 2.75) is 13.0 Å². The topological polar surface area (TPSA) is 92.5 Å². The molecule has 0 saturated heterocycles. The first kappa shape index (κ1) is 10.6. The lowest BCUT2D eigenvalue weighted by atomic mass is 9.96. The Balaban J connectivity index is 2.60. The van der Waals surface area contributed by atoms with E-state index in [9.17, 15) is 14.9 Å². The summed E-state index contributed by atoms with van der Waals surface area (Å²) in [5, 5.41) is 22.4. The van der Waals surface area contributed by atoms with E-state index >= 15 is 0 Å². The molecule has 1 aromatic rings. The van der Waals surface area contributed by atoms with E-state index in [4.69, 9.17) is 5.11 Å². The zero-order chi connectivity index (χ0) is 11.7. The summed E-state index contributed by atoms with van der Waals surface area (Å²) in [5.41, 5.74) is 1.12. The summed E-state index contributed by atoms with van der Waals surface area (Å²) in [6, 6.07) is 2.77. The molecule has 2 N–H and O–H groups in total. The van der Waals surface area contributed by atoms with Gasteiger partial charge in [0.05, 0.1) is 17.1 Å². The monoisotopic (exact) mass is 222 g/mol. The minimum absolute atomic E-state index is 0.210. The highest BCUT2D eigenvalue weighted by Crippen LogP contribution is 2.25. The van der Waals surface area contributed by atoms with Crippen molar-refractivity contribution in [2.24, 2.45) is 0 Å². The summed E-state index contributed by atoms with van der Waals surface area (Å²) in [5.74, 6) is -0.297. The number of amides is 1. The zero-order valence-electron chi connectivity index (χ0n) is 8.40. The van der Waals surface area contributed by atoms with Gasteiger partial charge in [-0.05, 0) is 18.1 Å². The molecular weight excluding hydrogens is 212 g/mol. The van der Waals surface area contributed by atoms with Crippen LogP contribution in [0.5, 0.6) is 0 Å². The number of nitrogens with one attached hydrogen (secondary N) is 1. The first-order valence-electron chi connectivity index (χ1n) is 4.82. The smallest absolute Gasteiger partial charge is 0.275 e. The van der Waals surface area contributed by atoms with Crippen LogP contribution in [0.3, 0.4) is 0 Å². The van der Waals surface area contributed by atoms with Gasteiger partial charge >= 0.3 is 0 Å². The van der Waals surface area contributed by atoms with Gasteiger partial charge in [-0.2, -0.15) is 0 Å². The average Bonchev–Trinajstić information content (AvgIpc) is 2.27. The molecule has 16 heavy (non-hydrogen) atoms. The highest BCUT2D eigenvalue weighted by Gasteiger charge is 2.23. The third-order valence-electron chi connectivity index (χ3n) is 2.60. The fourth-order valence-corrected chi connectivity index (χ4v) is 1.80. The molecule has 6 heteroatoms. The average molecular weight is 222 g/mol. The van der Waals surface area contributed by atoms with Crippen molar-refractivity contribution < 1.29 is 14.8 Å². The molecule has 1 aromatic carbocycles. The van der Waals surface area contributed by atoms with Crippen molar-refractivity contribution in [3.05, 3.63) is 38.9 Å². The molecule has 0 radical (unpaired) electrons. The van der Waals surface area contributed by atoms with E-state index < -0.39 is 11.5 Å². The first-order chi connectivity index (χ1) is 7.63. The standard InChI is InChI=1S/C10H10N2O4/c13-5-7-3-6-1-2-11-10(14)8(6)4-9(7)12(15)16/h3-4,13H,1-2,5H2,(H,11,14). The van der Waals surface area contributed by atoms with E-state index in [0.29, 0.717) is 18.5 Å². The Bertz CT molecular complexity index is 459. The highest BCUT2D eigenvalue weighted by atomic mass is 16.6. The fourth-order valence-electron chi connectivity index (χ4n) is 1.80. The molecule has 0 spiro atoms. The van der Waals surface area contributed by atoms with Crippen molar-refractivity contribution in [2.75, 3.05) is 6.54 Å². The Kier molecular flexibility index (Phi) is 2.57. The second-order valence-electron chi connectivity index (χ2n) is 3.56. The van der Waals surface area contributed by atoms with Crippen LogP contribution in [0.25, 0.3) is 0 Å². The van der Waals surface area contributed by atoms with Crippen molar-refractivity contribution in [3.63, 3.8) is 0 Å². The number of carbonyl (C=O) groups is 1. The number of aliphatic hydroxyl groups excluding tert-OH is 1. The molecule has 1 heterocycles. The summed E-state index contributed by atoms with van der Waals surface area (Å²) in [7, 11) is 0. The van der Waals surface area contributed by atoms with Gasteiger partial charge in [-0.15, -0.1) is 0 Å². The number of rotatable bonds is 2. The largest absolute Gasteiger partial charge is 0.391 e. The Morgan fingerprint density at radius 2 is 2.25 bits per heavy atom. The molecule has 2 rings (SSSR count). The molecule has 0 saturated carbocycles. The van der Waals surface area contributed by atoms with E-state index in [1.54, 1.807) is 0 Å². The zero-order valence-corrected chi connectivity index (χ0v) is 8.40. The Labute approximate surface area is 91.0 Å². The van der Waals surface area contributed by atoms with Gasteiger partial charge in [-0.25, -0.2) is 0 Å². The molecule has 1 amide bonds. The van der Waals surface area contributed by atoms with Gasteiger partial charge in [0.1, 0.15) is 0 Å². The third-order valence-corrected chi connectivity index (χ3v) is 2.60. The predicted molar refractivity (Wildman–Crippen MR) is 55.1 cm³/mol. The summed E-state index contributed by atoms with van der Waals surface area (Å²) in [4.78, 5) is 21.6. The SMILES string of the molecule is O=C1NCCc2cc(CO)c([N+](=O)[O-])cc21. The van der Waals surface area contributed by atoms with Crippen molar-refractivity contribution in [1.82, 2.24) is 5.32 Å². The maximum absolute atomic E-state index is 11.5. The minimum atomic E-state index is -0.590. The van der Waals surface area contributed by atoms with Crippen LogP contribution in [0.4, 0.5) is 5.69 Å². The van der Waals surface area contributed by atoms with E-state index in [1.807, 2.05) is 0 Å². The molecule has 0 aliphatic carbocycles. The number of benzene rings is 1. The van der Waals surface area contributed by atoms with E-state index in [1.165, 1.54) is 12.1 Å². The summed E-state index contributed by atoms with van der Waals surface area (Å²) < 4.78 is 0. The van der Waals surface area contributed by atoms with Gasteiger partial charge in [-0.1, -0.05) is 0 Å². The molecule has 0 atom stereocenters. The quantitative estimate of drug-likeness (QED) is 0.558. The number of carbonyl (C=O) groups excluding carboxylic acids is 1. The van der Waals surface area contributed by atoms with Gasteiger partial charge < -0.3 is 10.4 Å². The normalized spacial score (nSPS) is 14.2. The summed E-state index contributed by atoms with van der Waals surface area (Å²) >= 11 is 0. The van der Waals surface area contributed by atoms with Gasteiger partial charge in [-0.3, -0.25) is 14.9 Å². The molecule has 6 nitrogen and oxygen atoms in total. The summed E-state index contributed by atoms with van der Waals surface area (Å²) in [6.07, 6.45) is 0.631. The third kappa shape index (κ3) is 1.63. The number of hydrogen-bond donors (Lipinski definition) is 2. The number of nitro groups is 1. The number of aliphatic hydroxyl groups is 1. The molecule has 1 aliphatic rings. The lowest BCUT2D eigenvalue weighted by Crippen LogP contribution is -2.32. The lowest BCUT2D eigenvalue weighted by Gasteiger charge is -2.16. The Hall–Kier alpha value is -1.95. The van der Waals surface area contributed by atoms with Crippen LogP contribution in [0.15, 0.2) is 12.1 Å². The highest BCUT2D eigenvalue weighted by molar-refractivity contribution is 5.97. The van der Waals surface area contributed by atoms with Gasteiger partial charge in [0.15, 0.2) is 0 Å². The molecule has 0 unspecified atom stereocenters. The van der Waals surface area contributed by atoms with Crippen LogP contribution in [-0.4, -0.2) is 22.5 Å². The Morgan fingerprint density at radius 1 is 1.50 bits per heavy atom. The van der Waals surface area contributed by atoms with Crippen LogP contribution in [0, 0.1) is 10.1 Å². The molecule has 84 valence electrons. The summed E-state index contributed by atoms with van der Waals surface area (Å²) in [6.45, 7) is 0.125. The lowest BCUT2D eigenvalue weighted by molar-refractivity contribution is -0.385. The number of nitro benzene ring substituents is 1. The molecular formula is C10H10N2O4. The second-order valence-corrected chi connectivity index (χ2v) is 3.56. The van der Waals surface area contributed by atoms with Crippen LogP contribution in [0.1, 0.15) is 21.5 Å². The van der Waals surface area contributed by atoms with Crippen LogP contribution >= 0.6 is 0 Å². The number of hydrogen-bond acceptors (Lipinski definition) is 4. The maximum atomic E-state index is 11.5. The minimum Gasteiger partial charge on any atom is -0.391 e. The van der Waals surface area contributed by atoms with Crippen molar-refractivity contribution in [1.29, 1.82) is 0 Å². The van der Waals surface area contributed by atoms with Crippen LogP contribution < -0.4 is 5.32 Å². The van der Waals surface area contributed by atoms with Gasteiger partial charge in [0, 0.05) is 18.2 Å². The van der Waals surface area contributed by atoms with E-state index in [2.05, 4.69) is 5.32 Å². The number of fused-ring (bicyclic) bond motifs is 1. The molecule has 0 fully saturated rings. The Morgan fingerprint density at radius 3 is 2.88 bits per heavy atom. The van der Waals surface area contributed by atoms with Crippen molar-refractivity contribution in [3.8, 4) is 0 Å². The first-order valence-corrected chi connectivity index (χ1v) is 4.82. The van der Waals surface area contributed by atoms with Crippen LogP contribution in [0.2, 0.25) is 0 Å². The van der Waals surface area contributed by atoms with Gasteiger partial charge in [0.2, 0.25) is 0 Å². The van der Waals surface area contributed by atoms with Crippen molar-refractivity contribution >= 4 is 11.6 Å². The second kappa shape index (κ2) is 3.90. The number of nitrogens with zero attached hydrogens (tertiary/aromatic N) is 1. The maximum Gasteiger partial charge on any atom is 0.275 e. The molecule has 0 bridgehead atoms. The van der Waals surface area contributed by atoms with Crippen LogP contribution in [-0.2, 0) is 13.0 Å². The molecule has 0 aromatic heterocycles. The molecule has 1 aliphatic heterocycles. The van der Waals surface area contributed by atoms with Gasteiger partial charge in [0.25, 0.3) is 11.6 Å².